The molecule has 0 heterocycles. The molecule has 0 atom stereocenters. The Balaban J connectivity index is 2.95. The minimum Gasteiger partial charge on any atom is -0.384 e. The third-order valence-corrected chi connectivity index (χ3v) is 3.79. The van der Waals surface area contributed by atoms with E-state index in [0.29, 0.717) is 17.9 Å². The number of nitrogens with two attached hydrogens (primary N) is 3. The van der Waals surface area contributed by atoms with Crippen molar-refractivity contribution < 1.29 is 8.42 Å². The Morgan fingerprint density at radius 3 is 2.25 bits per heavy atom. The summed E-state index contributed by atoms with van der Waals surface area (Å²) in [7, 11) is -3.87. The summed E-state index contributed by atoms with van der Waals surface area (Å²) in [5.74, 6) is -0.126. The van der Waals surface area contributed by atoms with Gasteiger partial charge in [0, 0.05) is 12.1 Å². The van der Waals surface area contributed by atoms with Gasteiger partial charge >= 0.3 is 0 Å². The van der Waals surface area contributed by atoms with Gasteiger partial charge in [0.1, 0.15) is 5.84 Å². The zero-order chi connectivity index (χ0) is 15.2. The van der Waals surface area contributed by atoms with Crippen molar-refractivity contribution in [3.8, 4) is 0 Å². The number of benzene rings is 1. The van der Waals surface area contributed by atoms with Gasteiger partial charge in [-0.05, 0) is 30.7 Å². The molecular formula is C12H19N5O2S. The molecule has 20 heavy (non-hydrogen) atoms. The van der Waals surface area contributed by atoms with Crippen LogP contribution in [0.1, 0.15) is 25.3 Å². The summed E-state index contributed by atoms with van der Waals surface area (Å²) in [5, 5.41) is 0. The quantitative estimate of drug-likeness (QED) is 0.390. The molecule has 0 spiro atoms. The number of nitrogens with zero attached hydrogens (tertiary/aromatic N) is 2. The van der Waals surface area contributed by atoms with Crippen LogP contribution in [0.5, 0.6) is 0 Å². The van der Waals surface area contributed by atoms with Crippen molar-refractivity contribution in [3.05, 3.63) is 29.8 Å². The number of guanidine groups is 1. The van der Waals surface area contributed by atoms with Crippen molar-refractivity contribution in [2.75, 3.05) is 6.54 Å². The van der Waals surface area contributed by atoms with Gasteiger partial charge in [-0.2, -0.15) is 8.42 Å². The van der Waals surface area contributed by atoms with Crippen LogP contribution in [-0.4, -0.2) is 26.8 Å². The van der Waals surface area contributed by atoms with Crippen molar-refractivity contribution >= 4 is 21.8 Å². The number of hydrogen-bond donors (Lipinski definition) is 3. The number of aliphatic imine (C=N–C) groups is 1. The second kappa shape index (κ2) is 6.90. The molecule has 0 unspecified atom stereocenters. The monoisotopic (exact) mass is 297 g/mol. The second-order valence-corrected chi connectivity index (χ2v) is 5.74. The number of sulfonamides is 1. The van der Waals surface area contributed by atoms with Gasteiger partial charge in [-0.1, -0.05) is 13.3 Å². The fourth-order valence-electron chi connectivity index (χ4n) is 1.44. The van der Waals surface area contributed by atoms with Crippen LogP contribution >= 0.6 is 0 Å². The molecule has 0 saturated carbocycles. The summed E-state index contributed by atoms with van der Waals surface area (Å²) < 4.78 is 26.6. The molecule has 0 saturated heterocycles. The maximum absolute atomic E-state index is 11.7. The van der Waals surface area contributed by atoms with Crippen LogP contribution in [0.25, 0.3) is 0 Å². The molecule has 0 aliphatic carbocycles. The third kappa shape index (κ3) is 4.54. The number of amidine groups is 1. The molecule has 1 aromatic carbocycles. The van der Waals surface area contributed by atoms with Crippen LogP contribution in [0.3, 0.4) is 0 Å². The van der Waals surface area contributed by atoms with Gasteiger partial charge in [-0.3, -0.25) is 4.99 Å². The lowest BCUT2D eigenvalue weighted by atomic mass is 10.2. The van der Waals surface area contributed by atoms with Gasteiger partial charge in [0.15, 0.2) is 0 Å². The van der Waals surface area contributed by atoms with Gasteiger partial charge in [-0.25, -0.2) is 0 Å². The first kappa shape index (κ1) is 16.0. The topological polar surface area (TPSA) is 137 Å². The molecular weight excluding hydrogens is 278 g/mol. The van der Waals surface area contributed by atoms with Crippen molar-refractivity contribution in [3.63, 3.8) is 0 Å². The van der Waals surface area contributed by atoms with E-state index in [4.69, 9.17) is 17.2 Å². The summed E-state index contributed by atoms with van der Waals surface area (Å²) >= 11 is 0. The Kier molecular flexibility index (Phi) is 5.51. The molecule has 6 N–H and O–H groups in total. The molecule has 0 aliphatic rings. The van der Waals surface area contributed by atoms with E-state index in [9.17, 15) is 8.42 Å². The smallest absolute Gasteiger partial charge is 0.285 e. The first-order chi connectivity index (χ1) is 9.36. The molecule has 7 nitrogen and oxygen atoms in total. The standard InChI is InChI=1S/C12H19N5O2S/c1-2-3-8-16-11(13)9-4-6-10(7-5-9)20(18,19)17-12(14)15/h4-7H,2-3,8H2,1H3,(H2,13,16)(H4,14,15,17). The van der Waals surface area contributed by atoms with Crippen molar-refractivity contribution in [1.29, 1.82) is 0 Å². The maximum Gasteiger partial charge on any atom is 0.285 e. The van der Waals surface area contributed by atoms with Gasteiger partial charge in [0.25, 0.3) is 10.0 Å². The van der Waals surface area contributed by atoms with E-state index < -0.39 is 16.0 Å². The summed E-state index contributed by atoms with van der Waals surface area (Å²) in [6, 6.07) is 5.92. The van der Waals surface area contributed by atoms with Crippen molar-refractivity contribution in [2.45, 2.75) is 24.7 Å². The lowest BCUT2D eigenvalue weighted by molar-refractivity contribution is 0.598. The molecule has 0 amide bonds. The molecule has 0 fully saturated rings. The van der Waals surface area contributed by atoms with Crippen LogP contribution < -0.4 is 17.2 Å². The van der Waals surface area contributed by atoms with Gasteiger partial charge in [0.2, 0.25) is 5.96 Å². The Hall–Kier alpha value is -2.09. The predicted molar refractivity (Wildman–Crippen MR) is 79.9 cm³/mol. The maximum atomic E-state index is 11.7. The SMILES string of the molecule is CCCCN=C(N)c1ccc(S(=O)(=O)N=C(N)N)cc1. The van der Waals surface area contributed by atoms with Crippen LogP contribution in [0.4, 0.5) is 0 Å². The van der Waals surface area contributed by atoms with E-state index in [0.717, 1.165) is 12.8 Å². The first-order valence-electron chi connectivity index (χ1n) is 6.13. The first-order valence-corrected chi connectivity index (χ1v) is 7.57. The Bertz CT molecular complexity index is 601. The van der Waals surface area contributed by atoms with Gasteiger partial charge < -0.3 is 17.2 Å². The van der Waals surface area contributed by atoms with Crippen LogP contribution in [0, 0.1) is 0 Å². The average Bonchev–Trinajstić information content (AvgIpc) is 2.37. The summed E-state index contributed by atoms with van der Waals surface area (Å²) in [4.78, 5) is 4.20. The van der Waals surface area contributed by atoms with Crippen LogP contribution in [-0.2, 0) is 10.0 Å². The highest BCUT2D eigenvalue weighted by atomic mass is 32.2. The highest BCUT2D eigenvalue weighted by Crippen LogP contribution is 2.13. The number of hydrogen-bond acceptors (Lipinski definition) is 3. The highest BCUT2D eigenvalue weighted by molar-refractivity contribution is 7.90. The minimum atomic E-state index is -3.87. The van der Waals surface area contributed by atoms with E-state index in [-0.39, 0.29) is 4.90 Å². The van der Waals surface area contributed by atoms with E-state index in [2.05, 4.69) is 16.3 Å². The highest BCUT2D eigenvalue weighted by Gasteiger charge is 2.13. The molecule has 8 heteroatoms. The Labute approximate surface area is 118 Å². The summed E-state index contributed by atoms with van der Waals surface area (Å²) in [6.07, 6.45) is 1.99. The van der Waals surface area contributed by atoms with Gasteiger partial charge in [0.05, 0.1) is 4.90 Å². The van der Waals surface area contributed by atoms with Crippen molar-refractivity contribution in [2.24, 2.45) is 26.6 Å². The van der Waals surface area contributed by atoms with Crippen LogP contribution in [0.15, 0.2) is 38.6 Å². The molecule has 0 aromatic heterocycles. The Morgan fingerprint density at radius 2 is 1.75 bits per heavy atom. The second-order valence-electron chi connectivity index (χ2n) is 4.14. The zero-order valence-corrected chi connectivity index (χ0v) is 12.1. The number of rotatable bonds is 6. The third-order valence-electron chi connectivity index (χ3n) is 2.47. The van der Waals surface area contributed by atoms with Crippen LogP contribution in [0.2, 0.25) is 0 Å². The fraction of sp³-hybridized carbons (Fsp3) is 0.333. The van der Waals surface area contributed by atoms with Crippen molar-refractivity contribution in [1.82, 2.24) is 0 Å². The lowest BCUT2D eigenvalue weighted by Crippen LogP contribution is -2.24. The predicted octanol–water partition coefficient (Wildman–Crippen LogP) is 0.154. The normalized spacial score (nSPS) is 12.2. The minimum absolute atomic E-state index is 0.00370. The fourth-order valence-corrected chi connectivity index (χ4v) is 2.30. The molecule has 0 bridgehead atoms. The molecule has 0 radical (unpaired) electrons. The van der Waals surface area contributed by atoms with E-state index in [1.807, 2.05) is 0 Å². The number of unbranched alkanes of at least 4 members (excludes halogenated alkanes) is 1. The molecule has 0 aliphatic heterocycles. The zero-order valence-electron chi connectivity index (χ0n) is 11.3. The molecule has 1 aromatic rings. The summed E-state index contributed by atoms with van der Waals surface area (Å²) in [5.41, 5.74) is 16.6. The van der Waals surface area contributed by atoms with E-state index >= 15 is 0 Å². The van der Waals surface area contributed by atoms with E-state index in [1.165, 1.54) is 12.1 Å². The largest absolute Gasteiger partial charge is 0.384 e. The molecule has 1 rings (SSSR count). The Morgan fingerprint density at radius 1 is 1.15 bits per heavy atom. The molecule has 110 valence electrons. The average molecular weight is 297 g/mol. The van der Waals surface area contributed by atoms with E-state index in [1.54, 1.807) is 12.1 Å². The van der Waals surface area contributed by atoms with Gasteiger partial charge in [-0.15, -0.1) is 4.40 Å². The lowest BCUT2D eigenvalue weighted by Gasteiger charge is -2.03. The summed E-state index contributed by atoms with van der Waals surface area (Å²) in [6.45, 7) is 2.71.